The van der Waals surface area contributed by atoms with E-state index in [1.807, 2.05) is 7.05 Å². The summed E-state index contributed by atoms with van der Waals surface area (Å²) < 4.78 is 12.8. The third kappa shape index (κ3) is 2.98. The van der Waals surface area contributed by atoms with Gasteiger partial charge in [0.25, 0.3) is 5.91 Å². The van der Waals surface area contributed by atoms with Gasteiger partial charge in [0.1, 0.15) is 11.6 Å². The normalized spacial score (nSPS) is 20.0. The minimum absolute atomic E-state index is 0.114. The maximum absolute atomic E-state index is 12.8. The second kappa shape index (κ2) is 5.35. The van der Waals surface area contributed by atoms with Crippen molar-refractivity contribution in [1.82, 2.24) is 10.2 Å². The van der Waals surface area contributed by atoms with Gasteiger partial charge in [-0.25, -0.2) is 4.39 Å². The number of halogens is 1. The average molecular weight is 252 g/mol. The van der Waals surface area contributed by atoms with Gasteiger partial charge in [0, 0.05) is 19.2 Å². The summed E-state index contributed by atoms with van der Waals surface area (Å²) in [5.74, 6) is -0.791. The highest BCUT2D eigenvalue weighted by atomic mass is 19.1. The lowest BCUT2D eigenvalue weighted by atomic mass is 10.1. The third-order valence-electron chi connectivity index (χ3n) is 3.24. The van der Waals surface area contributed by atoms with Gasteiger partial charge in [-0.05, 0) is 38.1 Å². The number of hydrogen-bond acceptors (Lipinski definition) is 3. The Labute approximate surface area is 105 Å². The Morgan fingerprint density at radius 3 is 3.00 bits per heavy atom. The topological polar surface area (TPSA) is 52.6 Å². The Balaban J connectivity index is 1.91. The smallest absolute Gasteiger partial charge is 0.255 e. The molecule has 0 spiro atoms. The van der Waals surface area contributed by atoms with Crippen molar-refractivity contribution in [2.24, 2.45) is 5.92 Å². The van der Waals surface area contributed by atoms with E-state index < -0.39 is 5.82 Å². The summed E-state index contributed by atoms with van der Waals surface area (Å²) in [6.45, 7) is 2.60. The highest BCUT2D eigenvalue weighted by Crippen LogP contribution is 2.18. The zero-order chi connectivity index (χ0) is 13.1. The van der Waals surface area contributed by atoms with E-state index >= 15 is 0 Å². The standard InChI is InChI=1S/C13H17FN2O2/c1-16-5-4-9(8-16)7-15-13(18)11-3-2-10(14)6-12(11)17/h2-3,6,9,17H,4-5,7-8H2,1H3,(H,15,18). The van der Waals surface area contributed by atoms with Gasteiger partial charge in [-0.15, -0.1) is 0 Å². The molecule has 18 heavy (non-hydrogen) atoms. The van der Waals surface area contributed by atoms with Gasteiger partial charge in [0.05, 0.1) is 5.56 Å². The molecule has 1 aromatic rings. The summed E-state index contributed by atoms with van der Waals surface area (Å²) in [4.78, 5) is 14.0. The molecule has 1 saturated heterocycles. The minimum atomic E-state index is -0.554. The van der Waals surface area contributed by atoms with Crippen LogP contribution in [0.5, 0.6) is 5.75 Å². The zero-order valence-electron chi connectivity index (χ0n) is 10.3. The molecular formula is C13H17FN2O2. The molecule has 1 atom stereocenters. The Morgan fingerprint density at radius 2 is 2.39 bits per heavy atom. The highest BCUT2D eigenvalue weighted by molar-refractivity contribution is 5.96. The molecule has 0 saturated carbocycles. The summed E-state index contributed by atoms with van der Waals surface area (Å²) >= 11 is 0. The van der Waals surface area contributed by atoms with E-state index in [0.717, 1.165) is 31.6 Å². The molecule has 1 fully saturated rings. The first-order chi connectivity index (χ1) is 8.56. The molecule has 98 valence electrons. The molecule has 0 aromatic heterocycles. The van der Waals surface area contributed by atoms with Gasteiger partial charge in [0.15, 0.2) is 0 Å². The summed E-state index contributed by atoms with van der Waals surface area (Å²) in [6.07, 6.45) is 1.06. The number of phenolic OH excluding ortho intramolecular Hbond substituents is 1. The number of benzene rings is 1. The van der Waals surface area contributed by atoms with Gasteiger partial charge in [-0.2, -0.15) is 0 Å². The minimum Gasteiger partial charge on any atom is -0.507 e. The molecule has 1 heterocycles. The number of likely N-dealkylation sites (tertiary alicyclic amines) is 1. The SMILES string of the molecule is CN1CCC(CNC(=O)c2ccc(F)cc2O)C1. The van der Waals surface area contributed by atoms with Crippen LogP contribution in [0, 0.1) is 11.7 Å². The lowest BCUT2D eigenvalue weighted by molar-refractivity contribution is 0.0945. The molecule has 1 amide bonds. The zero-order valence-corrected chi connectivity index (χ0v) is 10.3. The Hall–Kier alpha value is -1.62. The molecule has 0 aliphatic carbocycles. The Bertz CT molecular complexity index is 451. The van der Waals surface area contributed by atoms with Crippen LogP contribution >= 0.6 is 0 Å². The Morgan fingerprint density at radius 1 is 1.61 bits per heavy atom. The second-order valence-electron chi connectivity index (χ2n) is 4.79. The van der Waals surface area contributed by atoms with Gasteiger partial charge in [-0.3, -0.25) is 4.79 Å². The second-order valence-corrected chi connectivity index (χ2v) is 4.79. The first-order valence-electron chi connectivity index (χ1n) is 6.01. The predicted molar refractivity (Wildman–Crippen MR) is 66.0 cm³/mol. The van der Waals surface area contributed by atoms with Crippen LogP contribution in [0.1, 0.15) is 16.8 Å². The number of nitrogens with one attached hydrogen (secondary N) is 1. The summed E-state index contributed by atoms with van der Waals surface area (Å²) in [7, 11) is 2.05. The van der Waals surface area contributed by atoms with Crippen LogP contribution in [0.25, 0.3) is 0 Å². The number of phenols is 1. The van der Waals surface area contributed by atoms with Gasteiger partial charge in [0.2, 0.25) is 0 Å². The lowest BCUT2D eigenvalue weighted by Gasteiger charge is -2.12. The molecule has 1 aromatic carbocycles. The first kappa shape index (κ1) is 12.8. The van der Waals surface area contributed by atoms with Gasteiger partial charge >= 0.3 is 0 Å². The van der Waals surface area contributed by atoms with Crippen molar-refractivity contribution in [1.29, 1.82) is 0 Å². The van der Waals surface area contributed by atoms with E-state index in [1.165, 1.54) is 6.07 Å². The number of carbonyl (C=O) groups is 1. The predicted octanol–water partition coefficient (Wildman–Crippen LogP) is 1.21. The fourth-order valence-electron chi connectivity index (χ4n) is 2.22. The van der Waals surface area contributed by atoms with Crippen molar-refractivity contribution in [3.63, 3.8) is 0 Å². The van der Waals surface area contributed by atoms with Crippen LogP contribution in [0.2, 0.25) is 0 Å². The van der Waals surface area contributed by atoms with Crippen molar-refractivity contribution in [3.05, 3.63) is 29.6 Å². The molecule has 5 heteroatoms. The number of aromatic hydroxyl groups is 1. The first-order valence-corrected chi connectivity index (χ1v) is 6.01. The van der Waals surface area contributed by atoms with E-state index in [4.69, 9.17) is 0 Å². The van der Waals surface area contributed by atoms with E-state index in [1.54, 1.807) is 0 Å². The van der Waals surface area contributed by atoms with Crippen molar-refractivity contribution in [3.8, 4) is 5.75 Å². The monoisotopic (exact) mass is 252 g/mol. The summed E-state index contributed by atoms with van der Waals surface area (Å²) in [5, 5.41) is 12.3. The summed E-state index contributed by atoms with van der Waals surface area (Å²) in [5.41, 5.74) is 0.114. The number of carbonyl (C=O) groups excluding carboxylic acids is 1. The van der Waals surface area contributed by atoms with Crippen LogP contribution in [-0.4, -0.2) is 42.6 Å². The Kier molecular flexibility index (Phi) is 3.81. The lowest BCUT2D eigenvalue weighted by Crippen LogP contribution is -2.30. The number of nitrogens with zero attached hydrogens (tertiary/aromatic N) is 1. The molecule has 1 unspecified atom stereocenters. The molecule has 1 aliphatic rings. The molecule has 0 bridgehead atoms. The molecule has 4 nitrogen and oxygen atoms in total. The van der Waals surface area contributed by atoms with E-state index in [0.29, 0.717) is 12.5 Å². The molecular weight excluding hydrogens is 235 g/mol. The maximum atomic E-state index is 12.8. The fraction of sp³-hybridized carbons (Fsp3) is 0.462. The maximum Gasteiger partial charge on any atom is 0.255 e. The summed E-state index contributed by atoms with van der Waals surface area (Å²) in [6, 6.07) is 3.40. The van der Waals surface area contributed by atoms with Crippen molar-refractivity contribution in [2.75, 3.05) is 26.7 Å². The van der Waals surface area contributed by atoms with Gasteiger partial charge in [-0.1, -0.05) is 0 Å². The van der Waals surface area contributed by atoms with Crippen LogP contribution < -0.4 is 5.32 Å². The van der Waals surface area contributed by atoms with E-state index in [-0.39, 0.29) is 17.2 Å². The van der Waals surface area contributed by atoms with Crippen LogP contribution in [0.15, 0.2) is 18.2 Å². The van der Waals surface area contributed by atoms with Crippen LogP contribution in [-0.2, 0) is 0 Å². The average Bonchev–Trinajstić information content (AvgIpc) is 2.72. The van der Waals surface area contributed by atoms with Crippen molar-refractivity contribution in [2.45, 2.75) is 6.42 Å². The van der Waals surface area contributed by atoms with Gasteiger partial charge < -0.3 is 15.3 Å². The fourth-order valence-corrected chi connectivity index (χ4v) is 2.22. The van der Waals surface area contributed by atoms with E-state index in [2.05, 4.69) is 10.2 Å². The van der Waals surface area contributed by atoms with Crippen LogP contribution in [0.3, 0.4) is 0 Å². The van der Waals surface area contributed by atoms with Crippen molar-refractivity contribution >= 4 is 5.91 Å². The molecule has 2 rings (SSSR count). The quantitative estimate of drug-likeness (QED) is 0.850. The molecule has 1 aliphatic heterocycles. The number of hydrogen-bond donors (Lipinski definition) is 2. The number of rotatable bonds is 3. The third-order valence-corrected chi connectivity index (χ3v) is 3.24. The van der Waals surface area contributed by atoms with Crippen molar-refractivity contribution < 1.29 is 14.3 Å². The largest absolute Gasteiger partial charge is 0.507 e. The molecule has 0 radical (unpaired) electrons. The number of amides is 1. The molecule has 2 N–H and O–H groups in total. The van der Waals surface area contributed by atoms with Crippen LogP contribution in [0.4, 0.5) is 4.39 Å². The van der Waals surface area contributed by atoms with E-state index in [9.17, 15) is 14.3 Å². The highest BCUT2D eigenvalue weighted by Gasteiger charge is 2.20.